The molecule has 0 radical (unpaired) electrons. The van der Waals surface area contributed by atoms with Crippen LogP contribution in [0.4, 0.5) is 0 Å². The number of carbonyl (C=O) groups is 1. The first kappa shape index (κ1) is 57.9. The zero-order chi connectivity index (χ0) is 43.7. The molecule has 2 atom stereocenters. The highest BCUT2D eigenvalue weighted by atomic mass is 31.2. The standard InChI is InChI=1S/C51H92NO7P/c1-3-5-7-9-11-13-15-17-19-21-23-24-25-26-27-28-30-32-34-36-38-40-42-44-51(53)59-50(49-58-60(54,55)57-47-45-52)48-56-46-43-41-39-37-35-33-31-29-22-20-18-16-14-12-10-8-6-4-2/h5,7,11,13,17,19,23-24,26-27,30,32,50H,3-4,6,8-10,12,14-16,18,20-22,25,28-29,31,33-49,52H2,1-2H3,(H,54,55)/b7-5-,13-11-,19-17-,24-23-,27-26-,32-30-. The van der Waals surface area contributed by atoms with Gasteiger partial charge in [-0.2, -0.15) is 0 Å². The molecule has 0 saturated carbocycles. The maximum atomic E-state index is 12.6. The van der Waals surface area contributed by atoms with Gasteiger partial charge in [-0.1, -0.05) is 209 Å². The number of rotatable bonds is 46. The van der Waals surface area contributed by atoms with Crippen LogP contribution in [-0.2, 0) is 27.9 Å². The maximum Gasteiger partial charge on any atom is 0.472 e. The van der Waals surface area contributed by atoms with Gasteiger partial charge in [0.15, 0.2) is 0 Å². The third-order valence-corrected chi connectivity index (χ3v) is 11.1. The first-order valence-corrected chi connectivity index (χ1v) is 25.9. The van der Waals surface area contributed by atoms with Crippen molar-refractivity contribution in [2.45, 2.75) is 213 Å². The Morgan fingerprint density at radius 2 is 0.933 bits per heavy atom. The molecule has 0 aliphatic carbocycles. The van der Waals surface area contributed by atoms with Gasteiger partial charge in [-0.25, -0.2) is 4.57 Å². The quantitative estimate of drug-likeness (QED) is 0.0269. The lowest BCUT2D eigenvalue weighted by Crippen LogP contribution is -2.28. The fraction of sp³-hybridized carbons (Fsp3) is 0.745. The molecule has 0 aromatic carbocycles. The fourth-order valence-corrected chi connectivity index (χ4v) is 7.35. The minimum absolute atomic E-state index is 0.0935. The van der Waals surface area contributed by atoms with Crippen molar-refractivity contribution in [3.8, 4) is 0 Å². The van der Waals surface area contributed by atoms with Crippen molar-refractivity contribution in [3.05, 3.63) is 72.9 Å². The Morgan fingerprint density at radius 1 is 0.517 bits per heavy atom. The molecule has 0 spiro atoms. The molecule has 0 aromatic rings. The van der Waals surface area contributed by atoms with E-state index in [1.54, 1.807) is 0 Å². The van der Waals surface area contributed by atoms with E-state index in [9.17, 15) is 14.3 Å². The topological polar surface area (TPSA) is 117 Å². The predicted octanol–water partition coefficient (Wildman–Crippen LogP) is 15.1. The molecule has 0 aliphatic rings. The predicted molar refractivity (Wildman–Crippen MR) is 256 cm³/mol. The Labute approximate surface area is 369 Å². The summed E-state index contributed by atoms with van der Waals surface area (Å²) in [5.41, 5.74) is 5.38. The Bertz CT molecular complexity index is 1150. The molecule has 0 amide bonds. The maximum absolute atomic E-state index is 12.6. The van der Waals surface area contributed by atoms with Gasteiger partial charge in [-0.15, -0.1) is 0 Å². The summed E-state index contributed by atoms with van der Waals surface area (Å²) in [6, 6.07) is 0. The van der Waals surface area contributed by atoms with Crippen molar-refractivity contribution in [2.24, 2.45) is 5.73 Å². The zero-order valence-corrected chi connectivity index (χ0v) is 39.6. The number of nitrogens with two attached hydrogens (primary N) is 1. The van der Waals surface area contributed by atoms with Crippen LogP contribution in [0.15, 0.2) is 72.9 Å². The molecular formula is C51H92NO7P. The van der Waals surface area contributed by atoms with Gasteiger partial charge in [0.05, 0.1) is 19.8 Å². The van der Waals surface area contributed by atoms with Crippen LogP contribution in [0.2, 0.25) is 0 Å². The molecule has 0 heterocycles. The Balaban J connectivity index is 4.04. The van der Waals surface area contributed by atoms with Gasteiger partial charge < -0.3 is 20.1 Å². The normalized spacial score (nSPS) is 14.0. The van der Waals surface area contributed by atoms with Crippen LogP contribution in [-0.4, -0.2) is 49.9 Å². The molecule has 348 valence electrons. The number of ether oxygens (including phenoxy) is 2. The number of phosphoric acid groups is 1. The van der Waals surface area contributed by atoms with E-state index < -0.39 is 13.9 Å². The highest BCUT2D eigenvalue weighted by Gasteiger charge is 2.25. The van der Waals surface area contributed by atoms with E-state index in [1.807, 2.05) is 0 Å². The molecule has 0 saturated heterocycles. The Kier molecular flexibility index (Phi) is 46.3. The monoisotopic (exact) mass is 862 g/mol. The van der Waals surface area contributed by atoms with Crippen LogP contribution in [0.25, 0.3) is 0 Å². The average Bonchev–Trinajstić information content (AvgIpc) is 3.24. The minimum atomic E-state index is -4.29. The van der Waals surface area contributed by atoms with Crippen LogP contribution in [0.5, 0.6) is 0 Å². The van der Waals surface area contributed by atoms with E-state index >= 15 is 0 Å². The minimum Gasteiger partial charge on any atom is -0.457 e. The van der Waals surface area contributed by atoms with Crippen molar-refractivity contribution in [1.82, 2.24) is 0 Å². The van der Waals surface area contributed by atoms with Crippen LogP contribution in [0.3, 0.4) is 0 Å². The summed E-state index contributed by atoms with van der Waals surface area (Å²) >= 11 is 0. The van der Waals surface area contributed by atoms with Gasteiger partial charge in [0.2, 0.25) is 0 Å². The van der Waals surface area contributed by atoms with E-state index in [-0.39, 0.29) is 38.8 Å². The average molecular weight is 862 g/mol. The summed E-state index contributed by atoms with van der Waals surface area (Å²) in [6.45, 7) is 4.79. The second kappa shape index (κ2) is 48.0. The molecular weight excluding hydrogens is 770 g/mol. The third-order valence-electron chi connectivity index (χ3n) is 10.1. The highest BCUT2D eigenvalue weighted by molar-refractivity contribution is 7.47. The van der Waals surface area contributed by atoms with Gasteiger partial charge in [-0.3, -0.25) is 13.8 Å². The first-order valence-electron chi connectivity index (χ1n) is 24.4. The van der Waals surface area contributed by atoms with Gasteiger partial charge in [0, 0.05) is 19.6 Å². The molecule has 0 aromatic heterocycles. The summed E-state index contributed by atoms with van der Waals surface area (Å²) in [5, 5.41) is 0. The SMILES string of the molecule is CC/C=C\C/C=C\C/C=C\C/C=C\C/C=C\C/C=C\CCCCCCC(=O)OC(COCCCCCCCCCCCCCCCCCCCC)COP(=O)(O)OCCN. The number of phosphoric ester groups is 1. The van der Waals surface area contributed by atoms with E-state index in [0.29, 0.717) is 6.61 Å². The number of esters is 1. The van der Waals surface area contributed by atoms with Crippen LogP contribution >= 0.6 is 7.82 Å². The van der Waals surface area contributed by atoms with Crippen molar-refractivity contribution in [3.63, 3.8) is 0 Å². The van der Waals surface area contributed by atoms with Gasteiger partial charge in [0.1, 0.15) is 6.10 Å². The molecule has 0 rings (SSSR count). The number of carbonyl (C=O) groups excluding carboxylic acids is 1. The van der Waals surface area contributed by atoms with E-state index in [1.165, 1.54) is 103 Å². The second-order valence-electron chi connectivity index (χ2n) is 16.0. The summed E-state index contributed by atoms with van der Waals surface area (Å²) < 4.78 is 33.5. The molecule has 3 N–H and O–H groups in total. The van der Waals surface area contributed by atoms with Crippen molar-refractivity contribution < 1.29 is 32.8 Å². The van der Waals surface area contributed by atoms with Crippen molar-refractivity contribution in [1.29, 1.82) is 0 Å². The van der Waals surface area contributed by atoms with Gasteiger partial charge in [0.25, 0.3) is 0 Å². The van der Waals surface area contributed by atoms with Gasteiger partial charge in [-0.05, 0) is 64.2 Å². The Morgan fingerprint density at radius 3 is 1.40 bits per heavy atom. The smallest absolute Gasteiger partial charge is 0.457 e. The number of hydrogen-bond donors (Lipinski definition) is 2. The summed E-state index contributed by atoms with van der Waals surface area (Å²) in [7, 11) is -4.29. The van der Waals surface area contributed by atoms with E-state index in [0.717, 1.165) is 83.5 Å². The molecule has 0 aliphatic heterocycles. The number of hydrogen-bond acceptors (Lipinski definition) is 7. The van der Waals surface area contributed by atoms with Crippen molar-refractivity contribution >= 4 is 13.8 Å². The van der Waals surface area contributed by atoms with E-state index in [4.69, 9.17) is 24.3 Å². The summed E-state index contributed by atoms with van der Waals surface area (Å²) in [6.07, 6.45) is 60.7. The highest BCUT2D eigenvalue weighted by Crippen LogP contribution is 2.43. The van der Waals surface area contributed by atoms with Gasteiger partial charge >= 0.3 is 13.8 Å². The molecule has 9 heteroatoms. The van der Waals surface area contributed by atoms with Crippen LogP contribution in [0, 0.1) is 0 Å². The van der Waals surface area contributed by atoms with Crippen molar-refractivity contribution in [2.75, 3.05) is 33.0 Å². The number of allylic oxidation sites excluding steroid dienone is 12. The van der Waals surface area contributed by atoms with Crippen LogP contribution < -0.4 is 5.73 Å². The Hall–Kier alpha value is -2.06. The molecule has 60 heavy (non-hydrogen) atoms. The lowest BCUT2D eigenvalue weighted by molar-refractivity contribution is -0.154. The lowest BCUT2D eigenvalue weighted by Gasteiger charge is -2.20. The second-order valence-corrected chi connectivity index (χ2v) is 17.4. The third kappa shape index (κ3) is 47.0. The lowest BCUT2D eigenvalue weighted by atomic mass is 10.0. The molecule has 8 nitrogen and oxygen atoms in total. The molecule has 0 bridgehead atoms. The van der Waals surface area contributed by atoms with E-state index in [2.05, 4.69) is 86.8 Å². The fourth-order valence-electron chi connectivity index (χ4n) is 6.59. The largest absolute Gasteiger partial charge is 0.472 e. The summed E-state index contributed by atoms with van der Waals surface area (Å²) in [5.74, 6) is -0.354. The first-order chi connectivity index (χ1) is 29.4. The molecule has 2 unspecified atom stereocenters. The summed E-state index contributed by atoms with van der Waals surface area (Å²) in [4.78, 5) is 22.6. The molecule has 0 fully saturated rings. The number of unbranched alkanes of at least 4 members (excludes halogenated alkanes) is 21. The van der Waals surface area contributed by atoms with Crippen LogP contribution in [0.1, 0.15) is 206 Å². The zero-order valence-electron chi connectivity index (χ0n) is 38.7.